The molecule has 0 atom stereocenters. The van der Waals surface area contributed by atoms with Gasteiger partial charge in [-0.1, -0.05) is 23.9 Å². The summed E-state index contributed by atoms with van der Waals surface area (Å²) >= 11 is 1.27. The van der Waals surface area contributed by atoms with Crippen LogP contribution in [0.5, 0.6) is 5.75 Å². The lowest BCUT2D eigenvalue weighted by molar-refractivity contribution is -0.118. The Bertz CT molecular complexity index is 1000. The summed E-state index contributed by atoms with van der Waals surface area (Å²) in [5.74, 6) is 0.964. The SMILES string of the molecule is CCn1c(SCC(=O)N/N=C\c2cccc(F)c2)nnc1-c1ccc(OC)cc1. The summed E-state index contributed by atoms with van der Waals surface area (Å²) in [5, 5.41) is 12.9. The minimum absolute atomic E-state index is 0.126. The summed E-state index contributed by atoms with van der Waals surface area (Å²) in [6, 6.07) is 13.5. The smallest absolute Gasteiger partial charge is 0.250 e. The van der Waals surface area contributed by atoms with Crippen LogP contribution in [0.4, 0.5) is 4.39 Å². The Morgan fingerprint density at radius 1 is 1.28 bits per heavy atom. The van der Waals surface area contributed by atoms with E-state index >= 15 is 0 Å². The highest BCUT2D eigenvalue weighted by molar-refractivity contribution is 7.99. The van der Waals surface area contributed by atoms with Crippen molar-refractivity contribution in [2.45, 2.75) is 18.6 Å². The summed E-state index contributed by atoms with van der Waals surface area (Å²) in [7, 11) is 1.62. The zero-order valence-corrected chi connectivity index (χ0v) is 16.8. The molecule has 1 amide bonds. The van der Waals surface area contributed by atoms with Crippen LogP contribution in [0.2, 0.25) is 0 Å². The standard InChI is InChI=1S/C20H20FN5O2S/c1-3-26-19(15-7-9-17(28-2)10-8-15)24-25-20(26)29-13-18(27)23-22-12-14-5-4-6-16(21)11-14/h4-12H,3,13H2,1-2H3,(H,23,27)/b22-12-. The van der Waals surface area contributed by atoms with Crippen LogP contribution in [0.25, 0.3) is 11.4 Å². The second-order valence-electron chi connectivity index (χ2n) is 5.92. The first-order valence-corrected chi connectivity index (χ1v) is 9.87. The lowest BCUT2D eigenvalue weighted by atomic mass is 10.2. The number of rotatable bonds is 8. The highest BCUT2D eigenvalue weighted by Crippen LogP contribution is 2.25. The van der Waals surface area contributed by atoms with Gasteiger partial charge in [0.25, 0.3) is 5.91 Å². The van der Waals surface area contributed by atoms with Crippen LogP contribution in [0.1, 0.15) is 12.5 Å². The zero-order valence-electron chi connectivity index (χ0n) is 16.0. The molecule has 0 saturated heterocycles. The van der Waals surface area contributed by atoms with E-state index in [0.717, 1.165) is 17.1 Å². The third kappa shape index (κ3) is 5.41. The molecule has 29 heavy (non-hydrogen) atoms. The Hall–Kier alpha value is -3.20. The van der Waals surface area contributed by atoms with Crippen molar-refractivity contribution >= 4 is 23.9 Å². The number of hydrogen-bond acceptors (Lipinski definition) is 6. The molecule has 0 radical (unpaired) electrons. The number of halogens is 1. The number of carbonyl (C=O) groups is 1. The van der Waals surface area contributed by atoms with Crippen molar-refractivity contribution in [2.24, 2.45) is 5.10 Å². The second kappa shape index (κ2) is 9.83. The molecule has 1 heterocycles. The maximum atomic E-state index is 13.1. The molecule has 0 unspecified atom stereocenters. The van der Waals surface area contributed by atoms with E-state index < -0.39 is 0 Å². The van der Waals surface area contributed by atoms with Crippen LogP contribution in [0.15, 0.2) is 58.8 Å². The van der Waals surface area contributed by atoms with Gasteiger partial charge in [0.1, 0.15) is 11.6 Å². The van der Waals surface area contributed by atoms with Crippen LogP contribution in [0.3, 0.4) is 0 Å². The number of methoxy groups -OCH3 is 1. The lowest BCUT2D eigenvalue weighted by Crippen LogP contribution is -2.20. The maximum Gasteiger partial charge on any atom is 0.250 e. The first-order valence-electron chi connectivity index (χ1n) is 8.88. The number of hydrogen-bond donors (Lipinski definition) is 1. The molecule has 9 heteroatoms. The molecule has 0 aliphatic heterocycles. The van der Waals surface area contributed by atoms with Gasteiger partial charge >= 0.3 is 0 Å². The second-order valence-corrected chi connectivity index (χ2v) is 6.86. The quantitative estimate of drug-likeness (QED) is 0.348. The monoisotopic (exact) mass is 413 g/mol. The van der Waals surface area contributed by atoms with Gasteiger partial charge < -0.3 is 9.30 Å². The van der Waals surface area contributed by atoms with E-state index in [-0.39, 0.29) is 17.5 Å². The maximum absolute atomic E-state index is 13.1. The molecular weight excluding hydrogens is 393 g/mol. The van der Waals surface area contributed by atoms with Gasteiger partial charge in [0.15, 0.2) is 11.0 Å². The predicted molar refractivity (Wildman–Crippen MR) is 111 cm³/mol. The first kappa shape index (κ1) is 20.5. The summed E-state index contributed by atoms with van der Waals surface area (Å²) < 4.78 is 20.2. The molecule has 0 bridgehead atoms. The van der Waals surface area contributed by atoms with Crippen molar-refractivity contribution in [1.82, 2.24) is 20.2 Å². The molecule has 0 aliphatic carbocycles. The van der Waals surface area contributed by atoms with Crippen molar-refractivity contribution in [2.75, 3.05) is 12.9 Å². The van der Waals surface area contributed by atoms with Gasteiger partial charge in [0.05, 0.1) is 19.1 Å². The van der Waals surface area contributed by atoms with Crippen LogP contribution < -0.4 is 10.2 Å². The molecular formula is C20H20FN5O2S. The van der Waals surface area contributed by atoms with Gasteiger partial charge in [-0.2, -0.15) is 5.10 Å². The van der Waals surface area contributed by atoms with E-state index in [2.05, 4.69) is 20.7 Å². The van der Waals surface area contributed by atoms with E-state index in [1.165, 1.54) is 30.1 Å². The molecule has 2 aromatic carbocycles. The number of amides is 1. The Balaban J connectivity index is 1.60. The minimum atomic E-state index is -0.359. The normalized spacial score (nSPS) is 11.0. The summed E-state index contributed by atoms with van der Waals surface area (Å²) in [6.07, 6.45) is 1.39. The number of nitrogens with zero attached hydrogens (tertiary/aromatic N) is 4. The van der Waals surface area contributed by atoms with E-state index in [0.29, 0.717) is 17.3 Å². The van der Waals surface area contributed by atoms with Gasteiger partial charge in [0, 0.05) is 12.1 Å². The molecule has 150 valence electrons. The molecule has 0 saturated carbocycles. The number of nitrogens with one attached hydrogen (secondary N) is 1. The molecule has 7 nitrogen and oxygen atoms in total. The van der Waals surface area contributed by atoms with Gasteiger partial charge in [-0.3, -0.25) is 4.79 Å². The number of hydrazone groups is 1. The van der Waals surface area contributed by atoms with E-state index in [4.69, 9.17) is 4.74 Å². The molecule has 1 aromatic heterocycles. The molecule has 3 aromatic rings. The molecule has 0 spiro atoms. The number of benzene rings is 2. The topological polar surface area (TPSA) is 81.4 Å². The van der Waals surface area contributed by atoms with Crippen LogP contribution in [-0.4, -0.2) is 39.7 Å². The highest BCUT2D eigenvalue weighted by atomic mass is 32.2. The van der Waals surface area contributed by atoms with Crippen LogP contribution >= 0.6 is 11.8 Å². The van der Waals surface area contributed by atoms with Crippen molar-refractivity contribution in [1.29, 1.82) is 0 Å². The van der Waals surface area contributed by atoms with E-state index in [1.54, 1.807) is 19.2 Å². The Morgan fingerprint density at radius 2 is 2.07 bits per heavy atom. The van der Waals surface area contributed by atoms with Crippen LogP contribution in [0, 0.1) is 5.82 Å². The minimum Gasteiger partial charge on any atom is -0.497 e. The van der Waals surface area contributed by atoms with E-state index in [9.17, 15) is 9.18 Å². The van der Waals surface area contributed by atoms with Crippen molar-refractivity contribution in [3.05, 3.63) is 59.9 Å². The largest absolute Gasteiger partial charge is 0.497 e. The van der Waals surface area contributed by atoms with Gasteiger partial charge in [-0.05, 0) is 48.9 Å². The summed E-state index contributed by atoms with van der Waals surface area (Å²) in [4.78, 5) is 12.0. The average molecular weight is 413 g/mol. The Labute approximate surface area is 172 Å². The highest BCUT2D eigenvalue weighted by Gasteiger charge is 2.14. The fourth-order valence-corrected chi connectivity index (χ4v) is 3.36. The van der Waals surface area contributed by atoms with Crippen LogP contribution in [-0.2, 0) is 11.3 Å². The third-order valence-corrected chi connectivity index (χ3v) is 4.93. The van der Waals surface area contributed by atoms with Gasteiger partial charge in [-0.25, -0.2) is 9.82 Å². The lowest BCUT2D eigenvalue weighted by Gasteiger charge is -2.07. The van der Waals surface area contributed by atoms with Gasteiger partial charge in [-0.15, -0.1) is 10.2 Å². The zero-order chi connectivity index (χ0) is 20.6. The molecule has 0 fully saturated rings. The molecule has 0 aliphatic rings. The number of thioether (sulfide) groups is 1. The number of aromatic nitrogens is 3. The average Bonchev–Trinajstić information content (AvgIpc) is 3.15. The predicted octanol–water partition coefficient (Wildman–Crippen LogP) is 3.36. The molecule has 3 rings (SSSR count). The summed E-state index contributed by atoms with van der Waals surface area (Å²) in [6.45, 7) is 2.65. The third-order valence-electron chi connectivity index (χ3n) is 3.97. The Morgan fingerprint density at radius 3 is 2.76 bits per heavy atom. The number of carbonyl (C=O) groups excluding carboxylic acids is 1. The number of ether oxygens (including phenoxy) is 1. The molecule has 1 N–H and O–H groups in total. The Kier molecular flexibility index (Phi) is 6.96. The van der Waals surface area contributed by atoms with Gasteiger partial charge in [0.2, 0.25) is 0 Å². The van der Waals surface area contributed by atoms with E-state index in [1.807, 2.05) is 35.8 Å². The van der Waals surface area contributed by atoms with Crippen molar-refractivity contribution in [3.63, 3.8) is 0 Å². The van der Waals surface area contributed by atoms with Crippen molar-refractivity contribution in [3.8, 4) is 17.1 Å². The fraction of sp³-hybridized carbons (Fsp3) is 0.200. The summed E-state index contributed by atoms with van der Waals surface area (Å²) in [5.41, 5.74) is 3.90. The van der Waals surface area contributed by atoms with Crippen molar-refractivity contribution < 1.29 is 13.9 Å². The fourth-order valence-electron chi connectivity index (χ4n) is 2.56. The first-order chi connectivity index (χ1) is 14.1.